The van der Waals surface area contributed by atoms with E-state index in [0.717, 1.165) is 6.29 Å². The van der Waals surface area contributed by atoms with Crippen LogP contribution in [0.4, 0.5) is 0 Å². The van der Waals surface area contributed by atoms with E-state index in [1.165, 1.54) is 11.7 Å². The van der Waals surface area contributed by atoms with Crippen molar-refractivity contribution in [3.05, 3.63) is 29.1 Å². The number of imidazole rings is 1. The third-order valence-electron chi connectivity index (χ3n) is 5.99. The van der Waals surface area contributed by atoms with Gasteiger partial charge in [0, 0.05) is 11.3 Å². The van der Waals surface area contributed by atoms with Crippen LogP contribution in [0.25, 0.3) is 22.1 Å². The van der Waals surface area contributed by atoms with Crippen molar-refractivity contribution in [3.8, 4) is 0 Å². The van der Waals surface area contributed by atoms with E-state index in [1.54, 1.807) is 19.4 Å². The number of rotatable bonds is 5. The van der Waals surface area contributed by atoms with Gasteiger partial charge in [-0.25, -0.2) is 9.97 Å². The maximum absolute atomic E-state index is 11.2. The molecular weight excluding hydrogens is 456 g/mol. The number of aromatic amines is 1. The summed E-state index contributed by atoms with van der Waals surface area (Å²) in [7, 11) is 1.71. The summed E-state index contributed by atoms with van der Waals surface area (Å²) < 4.78 is 7.82. The number of hydrogen-bond acceptors (Lipinski definition) is 9. The van der Waals surface area contributed by atoms with E-state index < -0.39 is 11.2 Å². The maximum Gasteiger partial charge on any atom is 0.210 e. The van der Waals surface area contributed by atoms with Crippen LogP contribution in [-0.4, -0.2) is 62.3 Å². The SMILES string of the molecule is C[C@H]1C(c2nnn(C)n2)C[C@@H](OC(C)(O)S)C1n1cnc2c3[nH]c(C=O)cc3c(Cl)nc21. The first-order valence-electron chi connectivity index (χ1n) is 10.0. The fourth-order valence-electron chi connectivity index (χ4n) is 4.71. The quantitative estimate of drug-likeness (QED) is 0.173. The molecule has 0 bridgehead atoms. The van der Waals surface area contributed by atoms with Gasteiger partial charge in [0.1, 0.15) is 10.7 Å². The first-order chi connectivity index (χ1) is 15.2. The molecule has 0 saturated heterocycles. The molecule has 11 nitrogen and oxygen atoms in total. The van der Waals surface area contributed by atoms with Crippen molar-refractivity contribution >= 4 is 52.6 Å². The van der Waals surface area contributed by atoms with Crippen LogP contribution in [0.3, 0.4) is 0 Å². The summed E-state index contributed by atoms with van der Waals surface area (Å²) in [5.41, 5.74) is 2.15. The molecule has 0 radical (unpaired) electrons. The van der Waals surface area contributed by atoms with E-state index in [-0.39, 0.29) is 23.0 Å². The number of nitrogens with one attached hydrogen (secondary N) is 1. The van der Waals surface area contributed by atoms with Crippen molar-refractivity contribution in [2.75, 3.05) is 0 Å². The Labute approximate surface area is 192 Å². The number of aldehydes is 1. The van der Waals surface area contributed by atoms with Crippen molar-refractivity contribution in [1.82, 2.24) is 39.7 Å². The van der Waals surface area contributed by atoms with Gasteiger partial charge >= 0.3 is 0 Å². The van der Waals surface area contributed by atoms with Crippen molar-refractivity contribution in [2.24, 2.45) is 13.0 Å². The predicted molar refractivity (Wildman–Crippen MR) is 119 cm³/mol. The molecule has 4 heterocycles. The molecule has 5 rings (SSSR count). The van der Waals surface area contributed by atoms with Gasteiger partial charge in [-0.15, -0.1) is 22.8 Å². The highest BCUT2D eigenvalue weighted by Gasteiger charge is 2.47. The number of ether oxygens (including phenoxy) is 1. The fourth-order valence-corrected chi connectivity index (χ4v) is 5.07. The van der Waals surface area contributed by atoms with E-state index in [1.807, 2.05) is 4.57 Å². The van der Waals surface area contributed by atoms with Gasteiger partial charge in [-0.2, -0.15) is 4.80 Å². The fraction of sp³-hybridized carbons (Fsp3) is 0.474. The van der Waals surface area contributed by atoms with Crippen LogP contribution >= 0.6 is 24.2 Å². The summed E-state index contributed by atoms with van der Waals surface area (Å²) in [6.45, 7) is 3.53. The molecule has 4 aromatic heterocycles. The monoisotopic (exact) mass is 476 g/mol. The van der Waals surface area contributed by atoms with E-state index in [2.05, 4.69) is 49.9 Å². The van der Waals surface area contributed by atoms with Gasteiger partial charge in [-0.05, 0) is 30.5 Å². The molecule has 5 atom stereocenters. The number of H-pyrrole nitrogens is 1. The second-order valence-electron chi connectivity index (χ2n) is 8.28. The van der Waals surface area contributed by atoms with Gasteiger partial charge in [0.2, 0.25) is 5.12 Å². The van der Waals surface area contributed by atoms with Gasteiger partial charge in [0.25, 0.3) is 0 Å². The Bertz CT molecular complexity index is 1330. The third kappa shape index (κ3) is 3.47. The van der Waals surface area contributed by atoms with Crippen LogP contribution in [0.2, 0.25) is 5.15 Å². The van der Waals surface area contributed by atoms with Crippen LogP contribution in [0.1, 0.15) is 48.5 Å². The number of pyridine rings is 1. The number of carbonyl (C=O) groups excluding carboxylic acids is 1. The summed E-state index contributed by atoms with van der Waals surface area (Å²) in [4.78, 5) is 24.8. The number of tetrazole rings is 1. The Morgan fingerprint density at radius 1 is 1.47 bits per heavy atom. The number of aryl methyl sites for hydroxylation is 1. The van der Waals surface area contributed by atoms with Crippen molar-refractivity contribution in [3.63, 3.8) is 0 Å². The predicted octanol–water partition coefficient (Wildman–Crippen LogP) is 2.25. The molecule has 32 heavy (non-hydrogen) atoms. The molecule has 4 aromatic rings. The number of aliphatic hydroxyl groups is 1. The molecule has 1 fully saturated rings. The molecule has 1 aliphatic rings. The van der Waals surface area contributed by atoms with Crippen LogP contribution in [-0.2, 0) is 11.8 Å². The summed E-state index contributed by atoms with van der Waals surface area (Å²) >= 11 is 10.6. The summed E-state index contributed by atoms with van der Waals surface area (Å²) in [6.07, 6.45) is 2.50. The second kappa shape index (κ2) is 7.51. The van der Waals surface area contributed by atoms with Gasteiger partial charge < -0.3 is 19.4 Å². The first kappa shape index (κ1) is 21.3. The average molecular weight is 477 g/mol. The summed E-state index contributed by atoms with van der Waals surface area (Å²) in [6, 6.07) is 1.38. The molecular formula is C19H21ClN8O3S. The van der Waals surface area contributed by atoms with Crippen molar-refractivity contribution in [2.45, 2.75) is 43.5 Å². The van der Waals surface area contributed by atoms with Crippen LogP contribution in [0.15, 0.2) is 12.4 Å². The van der Waals surface area contributed by atoms with Gasteiger partial charge in [-0.3, -0.25) is 4.79 Å². The average Bonchev–Trinajstić information content (AvgIpc) is 3.47. The Balaban J connectivity index is 1.64. The smallest absolute Gasteiger partial charge is 0.210 e. The van der Waals surface area contributed by atoms with Crippen LogP contribution < -0.4 is 0 Å². The molecule has 0 aliphatic heterocycles. The Morgan fingerprint density at radius 3 is 2.91 bits per heavy atom. The molecule has 3 unspecified atom stereocenters. The number of hydrogen-bond donors (Lipinski definition) is 3. The lowest BCUT2D eigenvalue weighted by Crippen LogP contribution is -2.33. The van der Waals surface area contributed by atoms with E-state index in [0.29, 0.717) is 40.0 Å². The minimum absolute atomic E-state index is 0.0114. The van der Waals surface area contributed by atoms with Gasteiger partial charge in [0.05, 0.1) is 36.7 Å². The normalized spacial score (nSPS) is 25.6. The van der Waals surface area contributed by atoms with Crippen molar-refractivity contribution < 1.29 is 14.6 Å². The number of fused-ring (bicyclic) bond motifs is 3. The third-order valence-corrected chi connectivity index (χ3v) is 6.38. The molecule has 1 aliphatic carbocycles. The zero-order chi connectivity index (χ0) is 22.8. The van der Waals surface area contributed by atoms with Crippen LogP contribution in [0.5, 0.6) is 0 Å². The highest BCUT2D eigenvalue weighted by Crippen LogP contribution is 2.48. The molecule has 0 amide bonds. The molecule has 1 saturated carbocycles. The van der Waals surface area contributed by atoms with E-state index >= 15 is 0 Å². The molecule has 0 aromatic carbocycles. The topological polar surface area (TPSA) is 137 Å². The number of thiol groups is 1. The minimum atomic E-state index is -1.64. The lowest BCUT2D eigenvalue weighted by atomic mass is 9.95. The number of carbonyl (C=O) groups is 1. The van der Waals surface area contributed by atoms with Crippen molar-refractivity contribution in [1.29, 1.82) is 0 Å². The molecule has 13 heteroatoms. The summed E-state index contributed by atoms with van der Waals surface area (Å²) in [5.74, 6) is 0.522. The first-order valence-corrected chi connectivity index (χ1v) is 10.8. The number of nitrogens with zero attached hydrogens (tertiary/aromatic N) is 7. The zero-order valence-electron chi connectivity index (χ0n) is 17.5. The standard InChI is InChI=1S/C19H21ClN8O3S/c1-8-10(17-24-26-27(3)25-17)5-12(31-19(2,30)32)15(8)28-7-21-14-13-11(4-9(6-29)22-13)16(20)23-18(14)28/h4,6-8,10,12,15,22,30,32H,5H2,1-3H3/t8-,10?,12+,15?,19?/m0/s1. The lowest BCUT2D eigenvalue weighted by Gasteiger charge is -2.29. The molecule has 168 valence electrons. The minimum Gasteiger partial charge on any atom is -0.358 e. The summed E-state index contributed by atoms with van der Waals surface area (Å²) in [5, 5.41) is 22.0. The maximum atomic E-state index is 11.2. The van der Waals surface area contributed by atoms with E-state index in [4.69, 9.17) is 16.3 Å². The largest absolute Gasteiger partial charge is 0.358 e. The molecule has 2 N–H and O–H groups in total. The highest BCUT2D eigenvalue weighted by molar-refractivity contribution is 7.81. The highest BCUT2D eigenvalue weighted by atomic mass is 35.5. The Morgan fingerprint density at radius 2 is 2.25 bits per heavy atom. The second-order valence-corrected chi connectivity index (χ2v) is 9.46. The van der Waals surface area contributed by atoms with Gasteiger partial charge in [-0.1, -0.05) is 18.5 Å². The zero-order valence-corrected chi connectivity index (χ0v) is 19.1. The lowest BCUT2D eigenvalue weighted by molar-refractivity contribution is -0.158. The van der Waals surface area contributed by atoms with Gasteiger partial charge in [0.15, 0.2) is 17.8 Å². The molecule has 0 spiro atoms. The Kier molecular flexibility index (Phi) is 5.00. The van der Waals surface area contributed by atoms with Crippen LogP contribution in [0, 0.1) is 5.92 Å². The number of aromatic nitrogens is 8. The van der Waals surface area contributed by atoms with E-state index in [9.17, 15) is 9.90 Å². The Hall–Kier alpha value is -2.54. The number of halogens is 1.